The second kappa shape index (κ2) is 6.73. The fraction of sp³-hybridized carbons (Fsp3) is 0.750. The molecule has 4 rings (SSSR count). The van der Waals surface area contributed by atoms with Gasteiger partial charge in [0.05, 0.1) is 0 Å². The maximum absolute atomic E-state index is 17.2. The Labute approximate surface area is 181 Å². The van der Waals surface area contributed by atoms with Crippen LogP contribution in [0.5, 0.6) is 0 Å². The lowest BCUT2D eigenvalue weighted by Crippen LogP contribution is -2.66. The molecule has 2 unspecified atom stereocenters. The standard InChI is InChI=1S/C24H31F3O2S/c1-13-8-16-17-10-19(26)18-9-15(28)6-7-21(18,3)24(17,27)14(2)11-22(16,4)23(13,5)20(29)30-12-25/h6-7,9,13-14,16-17,19H,8,10-12H2,1-5H3/t13-,14+,16?,17?,19+,21+,22+,23-,24-/m1/s1. The normalized spacial score (nSPS) is 52.3. The highest BCUT2D eigenvalue weighted by Crippen LogP contribution is 2.74. The van der Waals surface area contributed by atoms with Crippen LogP contribution >= 0.6 is 11.8 Å². The van der Waals surface area contributed by atoms with Crippen molar-refractivity contribution in [3.05, 3.63) is 23.8 Å². The van der Waals surface area contributed by atoms with Crippen molar-refractivity contribution >= 4 is 22.7 Å². The van der Waals surface area contributed by atoms with E-state index in [1.807, 2.05) is 27.7 Å². The van der Waals surface area contributed by atoms with E-state index in [9.17, 15) is 14.0 Å². The van der Waals surface area contributed by atoms with Gasteiger partial charge in [0.15, 0.2) is 10.9 Å². The van der Waals surface area contributed by atoms with Crippen LogP contribution in [0.15, 0.2) is 23.8 Å². The fourth-order valence-corrected chi connectivity index (χ4v) is 8.75. The molecule has 0 bridgehead atoms. The molecule has 0 saturated heterocycles. The second-order valence-corrected chi connectivity index (χ2v) is 11.5. The van der Waals surface area contributed by atoms with Crippen LogP contribution in [0, 0.1) is 39.9 Å². The Kier molecular flexibility index (Phi) is 4.97. The Morgan fingerprint density at radius 3 is 2.47 bits per heavy atom. The Morgan fingerprint density at radius 1 is 1.17 bits per heavy atom. The van der Waals surface area contributed by atoms with Crippen molar-refractivity contribution in [3.8, 4) is 0 Å². The number of hydrogen-bond acceptors (Lipinski definition) is 3. The molecular weight excluding hydrogens is 409 g/mol. The van der Waals surface area contributed by atoms with E-state index in [-0.39, 0.29) is 34.7 Å². The number of fused-ring (bicyclic) bond motifs is 5. The minimum atomic E-state index is -1.70. The number of rotatable bonds is 2. The first-order chi connectivity index (χ1) is 13.9. The van der Waals surface area contributed by atoms with E-state index in [4.69, 9.17) is 0 Å². The highest BCUT2D eigenvalue weighted by Gasteiger charge is 2.74. The zero-order valence-electron chi connectivity index (χ0n) is 18.3. The van der Waals surface area contributed by atoms with Crippen LogP contribution < -0.4 is 0 Å². The van der Waals surface area contributed by atoms with E-state index < -0.39 is 45.9 Å². The topological polar surface area (TPSA) is 34.1 Å². The van der Waals surface area contributed by atoms with Crippen molar-refractivity contribution in [2.75, 3.05) is 6.01 Å². The first-order valence-corrected chi connectivity index (χ1v) is 11.9. The summed E-state index contributed by atoms with van der Waals surface area (Å²) in [7, 11) is 0. The van der Waals surface area contributed by atoms with Crippen LogP contribution in [0.3, 0.4) is 0 Å². The SMILES string of the molecule is C[C@@H]1CC2C3C[C@H](F)C4=CC(=O)C=C[C@]4(C)[C@@]3(F)[C@@H](C)C[C@]2(C)[C@@]1(C)C(=O)SCF. The number of allylic oxidation sites excluding steroid dienone is 4. The lowest BCUT2D eigenvalue weighted by atomic mass is 9.42. The van der Waals surface area contributed by atoms with E-state index in [0.29, 0.717) is 24.6 Å². The lowest BCUT2D eigenvalue weighted by molar-refractivity contribution is -0.181. The van der Waals surface area contributed by atoms with Crippen LogP contribution in [-0.2, 0) is 9.59 Å². The summed E-state index contributed by atoms with van der Waals surface area (Å²) < 4.78 is 45.7. The number of halogens is 3. The van der Waals surface area contributed by atoms with E-state index in [0.717, 1.165) is 0 Å². The molecule has 0 aromatic heterocycles. The summed E-state index contributed by atoms with van der Waals surface area (Å²) in [5.41, 5.74) is -3.95. The number of carbonyl (C=O) groups is 2. The van der Waals surface area contributed by atoms with Gasteiger partial charge in [0.25, 0.3) is 0 Å². The molecule has 4 aliphatic carbocycles. The van der Waals surface area contributed by atoms with E-state index in [2.05, 4.69) is 0 Å². The van der Waals surface area contributed by atoms with Gasteiger partial charge in [0, 0.05) is 16.7 Å². The summed E-state index contributed by atoms with van der Waals surface area (Å²) >= 11 is 0.702. The van der Waals surface area contributed by atoms with E-state index in [1.165, 1.54) is 12.2 Å². The Bertz CT molecular complexity index is 855. The molecule has 0 radical (unpaired) electrons. The van der Waals surface area contributed by atoms with Gasteiger partial charge >= 0.3 is 0 Å². The number of hydrogen-bond donors (Lipinski definition) is 0. The second-order valence-electron chi connectivity index (χ2n) is 10.6. The molecule has 0 aromatic carbocycles. The molecule has 6 heteroatoms. The predicted octanol–water partition coefficient (Wildman–Crippen LogP) is 6.02. The van der Waals surface area contributed by atoms with Gasteiger partial charge in [0.1, 0.15) is 17.8 Å². The first-order valence-electron chi connectivity index (χ1n) is 10.9. The maximum Gasteiger partial charge on any atom is 0.198 e. The van der Waals surface area contributed by atoms with Crippen molar-refractivity contribution in [2.24, 2.45) is 39.9 Å². The molecule has 4 aliphatic rings. The summed E-state index contributed by atoms with van der Waals surface area (Å²) in [6.07, 6.45) is 3.96. The Morgan fingerprint density at radius 2 is 1.83 bits per heavy atom. The monoisotopic (exact) mass is 440 g/mol. The molecule has 0 N–H and O–H groups in total. The quantitative estimate of drug-likeness (QED) is 0.527. The van der Waals surface area contributed by atoms with Crippen LogP contribution in [0.4, 0.5) is 13.2 Å². The van der Waals surface area contributed by atoms with Crippen molar-refractivity contribution < 1.29 is 22.8 Å². The van der Waals surface area contributed by atoms with E-state index >= 15 is 8.78 Å². The fourth-order valence-electron chi connectivity index (χ4n) is 7.92. The molecule has 3 saturated carbocycles. The van der Waals surface area contributed by atoms with E-state index in [1.54, 1.807) is 13.0 Å². The van der Waals surface area contributed by atoms with Gasteiger partial charge < -0.3 is 0 Å². The molecule has 2 nitrogen and oxygen atoms in total. The van der Waals surface area contributed by atoms with Crippen LogP contribution in [0.25, 0.3) is 0 Å². The van der Waals surface area contributed by atoms with Crippen molar-refractivity contribution in [1.29, 1.82) is 0 Å². The van der Waals surface area contributed by atoms with Crippen molar-refractivity contribution in [3.63, 3.8) is 0 Å². The molecule has 3 fully saturated rings. The van der Waals surface area contributed by atoms with Gasteiger partial charge in [-0.15, -0.1) is 0 Å². The molecule has 166 valence electrons. The Balaban J connectivity index is 1.84. The third-order valence-corrected chi connectivity index (χ3v) is 10.5. The largest absolute Gasteiger partial charge is 0.290 e. The molecule has 0 aliphatic heterocycles. The predicted molar refractivity (Wildman–Crippen MR) is 113 cm³/mol. The summed E-state index contributed by atoms with van der Waals surface area (Å²) in [6, 6.07) is -0.772. The highest BCUT2D eigenvalue weighted by molar-refractivity contribution is 8.13. The molecule has 30 heavy (non-hydrogen) atoms. The van der Waals surface area contributed by atoms with Crippen molar-refractivity contribution in [2.45, 2.75) is 65.7 Å². The summed E-state index contributed by atoms with van der Waals surface area (Å²) in [5.74, 6) is -1.51. The van der Waals surface area contributed by atoms with Crippen LogP contribution in [-0.4, -0.2) is 28.7 Å². The smallest absolute Gasteiger partial charge is 0.198 e. The van der Waals surface area contributed by atoms with Gasteiger partial charge in [-0.05, 0) is 67.1 Å². The van der Waals surface area contributed by atoms with Gasteiger partial charge in [-0.3, -0.25) is 9.59 Å². The molecular formula is C24H31F3O2S. The molecule has 0 spiro atoms. The summed E-state index contributed by atoms with van der Waals surface area (Å²) in [5, 5.41) is -0.177. The zero-order chi connectivity index (χ0) is 22.3. The summed E-state index contributed by atoms with van der Waals surface area (Å²) in [4.78, 5) is 25.0. The van der Waals surface area contributed by atoms with Gasteiger partial charge in [-0.25, -0.2) is 13.2 Å². The maximum atomic E-state index is 17.2. The van der Waals surface area contributed by atoms with Crippen LogP contribution in [0.2, 0.25) is 0 Å². The molecule has 9 atom stereocenters. The van der Waals surface area contributed by atoms with Gasteiger partial charge in [0.2, 0.25) is 0 Å². The molecule has 0 heterocycles. The zero-order valence-corrected chi connectivity index (χ0v) is 19.1. The minimum absolute atomic E-state index is 0.0247. The van der Waals surface area contributed by atoms with Gasteiger partial charge in [-0.2, -0.15) is 0 Å². The third-order valence-electron chi connectivity index (χ3n) is 9.75. The van der Waals surface area contributed by atoms with Gasteiger partial charge in [-0.1, -0.05) is 45.5 Å². The average Bonchev–Trinajstić information content (AvgIpc) is 2.88. The molecule has 0 aromatic rings. The average molecular weight is 441 g/mol. The number of ketones is 1. The first kappa shape index (κ1) is 22.2. The molecule has 0 amide bonds. The number of thioether (sulfide) groups is 1. The van der Waals surface area contributed by atoms with Crippen molar-refractivity contribution in [1.82, 2.24) is 0 Å². The summed E-state index contributed by atoms with van der Waals surface area (Å²) in [6.45, 7) is 9.52. The minimum Gasteiger partial charge on any atom is -0.290 e. The number of alkyl halides is 3. The number of carbonyl (C=O) groups excluding carboxylic acids is 2. The Hall–Kier alpha value is -1.04. The van der Waals surface area contributed by atoms with Crippen LogP contribution in [0.1, 0.15) is 53.9 Å². The highest BCUT2D eigenvalue weighted by atomic mass is 32.2. The third kappa shape index (κ3) is 2.40. The lowest BCUT2D eigenvalue weighted by Gasteiger charge is -2.64.